The summed E-state index contributed by atoms with van der Waals surface area (Å²) in [4.78, 5) is 24.3. The third-order valence-electron chi connectivity index (χ3n) is 4.10. The van der Waals surface area contributed by atoms with E-state index in [9.17, 15) is 9.59 Å². The van der Waals surface area contributed by atoms with Crippen LogP contribution < -0.4 is 5.32 Å². The second-order valence-corrected chi connectivity index (χ2v) is 5.82. The predicted octanol–water partition coefficient (Wildman–Crippen LogP) is 3.54. The topological polar surface area (TPSA) is 55.4 Å². The third-order valence-corrected chi connectivity index (χ3v) is 4.43. The van der Waals surface area contributed by atoms with Gasteiger partial charge in [0.05, 0.1) is 29.3 Å². The molecule has 0 fully saturated rings. The zero-order chi connectivity index (χ0) is 16.4. The maximum Gasteiger partial charge on any atom is 0.338 e. The van der Waals surface area contributed by atoms with Gasteiger partial charge in [-0.05, 0) is 42.2 Å². The number of benzene rings is 2. The Morgan fingerprint density at radius 1 is 1.13 bits per heavy atom. The zero-order valence-corrected chi connectivity index (χ0v) is 13.4. The van der Waals surface area contributed by atoms with Gasteiger partial charge in [0, 0.05) is 0 Å². The average molecular weight is 330 g/mol. The van der Waals surface area contributed by atoms with Crippen LogP contribution in [0, 0.1) is 0 Å². The number of carbonyl (C=O) groups excluding carboxylic acids is 2. The third kappa shape index (κ3) is 2.94. The number of nitrogens with one attached hydrogen (secondary N) is 1. The van der Waals surface area contributed by atoms with E-state index in [1.165, 1.54) is 7.11 Å². The molecule has 0 aliphatic heterocycles. The van der Waals surface area contributed by atoms with Crippen LogP contribution in [0.15, 0.2) is 42.5 Å². The number of hydrogen-bond donors (Lipinski definition) is 1. The molecule has 0 spiro atoms. The lowest BCUT2D eigenvalue weighted by Gasteiger charge is -2.15. The highest BCUT2D eigenvalue weighted by Crippen LogP contribution is 2.34. The first-order chi connectivity index (χ1) is 11.1. The molecule has 0 saturated heterocycles. The Morgan fingerprint density at radius 2 is 1.87 bits per heavy atom. The SMILES string of the molecule is COC(=O)c1cccc2c1CC[C@@H]2NC(=O)c1ccccc1Cl. The Balaban J connectivity index is 1.85. The molecule has 118 valence electrons. The van der Waals surface area contributed by atoms with E-state index < -0.39 is 0 Å². The number of amides is 1. The summed E-state index contributed by atoms with van der Waals surface area (Å²) >= 11 is 6.07. The smallest absolute Gasteiger partial charge is 0.338 e. The fraction of sp³-hybridized carbons (Fsp3) is 0.222. The first-order valence-corrected chi connectivity index (χ1v) is 7.75. The molecular formula is C18H16ClNO3. The van der Waals surface area contributed by atoms with Crippen molar-refractivity contribution in [3.63, 3.8) is 0 Å². The number of hydrogen-bond acceptors (Lipinski definition) is 3. The number of ether oxygens (including phenoxy) is 1. The molecule has 1 amide bonds. The number of carbonyl (C=O) groups is 2. The largest absolute Gasteiger partial charge is 0.465 e. The van der Waals surface area contributed by atoms with E-state index in [0.29, 0.717) is 16.1 Å². The van der Waals surface area contributed by atoms with Gasteiger partial charge in [-0.2, -0.15) is 0 Å². The summed E-state index contributed by atoms with van der Waals surface area (Å²) in [5.74, 6) is -0.558. The standard InChI is InChI=1S/C18H16ClNO3/c1-23-18(22)13-7-4-6-12-11(13)9-10-16(12)20-17(21)14-5-2-3-8-15(14)19/h2-8,16H,9-10H2,1H3,(H,20,21)/t16-/m0/s1. The molecular weight excluding hydrogens is 314 g/mol. The van der Waals surface area contributed by atoms with Gasteiger partial charge in [-0.15, -0.1) is 0 Å². The molecule has 0 radical (unpaired) electrons. The van der Waals surface area contributed by atoms with Crippen molar-refractivity contribution in [1.82, 2.24) is 5.32 Å². The fourth-order valence-electron chi connectivity index (χ4n) is 2.99. The van der Waals surface area contributed by atoms with Gasteiger partial charge < -0.3 is 10.1 Å². The molecule has 4 nitrogen and oxygen atoms in total. The lowest BCUT2D eigenvalue weighted by molar-refractivity contribution is 0.0599. The van der Waals surface area contributed by atoms with Gasteiger partial charge in [0.2, 0.25) is 0 Å². The summed E-state index contributed by atoms with van der Waals surface area (Å²) in [5, 5.41) is 3.42. The monoisotopic (exact) mass is 329 g/mol. The molecule has 1 atom stereocenters. The molecule has 3 rings (SSSR count). The van der Waals surface area contributed by atoms with Crippen LogP contribution in [0.4, 0.5) is 0 Å². The van der Waals surface area contributed by atoms with Crippen LogP contribution in [-0.4, -0.2) is 19.0 Å². The molecule has 2 aromatic rings. The van der Waals surface area contributed by atoms with E-state index in [4.69, 9.17) is 16.3 Å². The molecule has 2 aromatic carbocycles. The van der Waals surface area contributed by atoms with Crippen LogP contribution in [0.3, 0.4) is 0 Å². The van der Waals surface area contributed by atoms with Crippen molar-refractivity contribution in [2.75, 3.05) is 7.11 Å². The molecule has 0 saturated carbocycles. The number of halogens is 1. The van der Waals surface area contributed by atoms with Crippen molar-refractivity contribution in [2.45, 2.75) is 18.9 Å². The first kappa shape index (κ1) is 15.6. The second-order valence-electron chi connectivity index (χ2n) is 5.41. The van der Waals surface area contributed by atoms with Gasteiger partial charge >= 0.3 is 5.97 Å². The molecule has 1 N–H and O–H groups in total. The summed E-state index contributed by atoms with van der Waals surface area (Å²) in [6.07, 6.45) is 1.48. The highest BCUT2D eigenvalue weighted by Gasteiger charge is 2.28. The lowest BCUT2D eigenvalue weighted by atomic mass is 10.0. The van der Waals surface area contributed by atoms with E-state index in [-0.39, 0.29) is 17.9 Å². The summed E-state index contributed by atoms with van der Waals surface area (Å²) in [5.41, 5.74) is 2.93. The molecule has 5 heteroatoms. The van der Waals surface area contributed by atoms with Crippen LogP contribution in [0.5, 0.6) is 0 Å². The lowest BCUT2D eigenvalue weighted by Crippen LogP contribution is -2.27. The molecule has 23 heavy (non-hydrogen) atoms. The summed E-state index contributed by atoms with van der Waals surface area (Å²) in [6.45, 7) is 0. The Kier molecular flexibility index (Phi) is 4.35. The minimum atomic E-state index is -0.347. The van der Waals surface area contributed by atoms with Crippen molar-refractivity contribution in [1.29, 1.82) is 0 Å². The van der Waals surface area contributed by atoms with E-state index in [1.807, 2.05) is 12.1 Å². The van der Waals surface area contributed by atoms with Gasteiger partial charge in [-0.1, -0.05) is 35.9 Å². The van der Waals surface area contributed by atoms with Crippen molar-refractivity contribution in [3.8, 4) is 0 Å². The van der Waals surface area contributed by atoms with Crippen molar-refractivity contribution in [3.05, 3.63) is 69.7 Å². The van der Waals surface area contributed by atoms with Gasteiger partial charge in [0.1, 0.15) is 0 Å². The molecule has 0 heterocycles. The van der Waals surface area contributed by atoms with E-state index in [1.54, 1.807) is 30.3 Å². The highest BCUT2D eigenvalue weighted by molar-refractivity contribution is 6.33. The Morgan fingerprint density at radius 3 is 2.61 bits per heavy atom. The fourth-order valence-corrected chi connectivity index (χ4v) is 3.21. The van der Waals surface area contributed by atoms with E-state index in [2.05, 4.69) is 5.32 Å². The summed E-state index contributed by atoms with van der Waals surface area (Å²) in [6, 6.07) is 12.3. The van der Waals surface area contributed by atoms with Gasteiger partial charge in [-0.3, -0.25) is 4.79 Å². The van der Waals surface area contributed by atoms with Crippen molar-refractivity contribution < 1.29 is 14.3 Å². The first-order valence-electron chi connectivity index (χ1n) is 7.37. The van der Waals surface area contributed by atoms with Crippen LogP contribution in [0.2, 0.25) is 5.02 Å². The maximum atomic E-state index is 12.4. The number of esters is 1. The van der Waals surface area contributed by atoms with Gasteiger partial charge in [0.15, 0.2) is 0 Å². The summed E-state index contributed by atoms with van der Waals surface area (Å²) < 4.78 is 4.82. The molecule has 0 unspecified atom stereocenters. The quantitative estimate of drug-likeness (QED) is 0.876. The Bertz CT molecular complexity index is 773. The highest BCUT2D eigenvalue weighted by atomic mass is 35.5. The van der Waals surface area contributed by atoms with E-state index in [0.717, 1.165) is 24.0 Å². The predicted molar refractivity (Wildman–Crippen MR) is 87.8 cm³/mol. The van der Waals surface area contributed by atoms with Crippen LogP contribution in [-0.2, 0) is 11.2 Å². The van der Waals surface area contributed by atoms with Crippen molar-refractivity contribution >= 4 is 23.5 Å². The van der Waals surface area contributed by atoms with Crippen LogP contribution >= 0.6 is 11.6 Å². The number of fused-ring (bicyclic) bond motifs is 1. The average Bonchev–Trinajstić information content (AvgIpc) is 2.97. The maximum absolute atomic E-state index is 12.4. The molecule has 0 bridgehead atoms. The van der Waals surface area contributed by atoms with Gasteiger partial charge in [0.25, 0.3) is 5.91 Å². The molecule has 1 aliphatic carbocycles. The molecule has 1 aliphatic rings. The number of methoxy groups -OCH3 is 1. The van der Waals surface area contributed by atoms with Gasteiger partial charge in [-0.25, -0.2) is 4.79 Å². The minimum Gasteiger partial charge on any atom is -0.465 e. The second kappa shape index (κ2) is 6.42. The summed E-state index contributed by atoms with van der Waals surface area (Å²) in [7, 11) is 1.37. The Labute approximate surface area is 139 Å². The number of rotatable bonds is 3. The minimum absolute atomic E-state index is 0.127. The zero-order valence-electron chi connectivity index (χ0n) is 12.6. The Hall–Kier alpha value is -2.33. The normalized spacial score (nSPS) is 15.8. The van der Waals surface area contributed by atoms with Crippen LogP contribution in [0.25, 0.3) is 0 Å². The van der Waals surface area contributed by atoms with E-state index >= 15 is 0 Å². The van der Waals surface area contributed by atoms with Crippen molar-refractivity contribution in [2.24, 2.45) is 0 Å². The van der Waals surface area contributed by atoms with Crippen LogP contribution in [0.1, 0.15) is 44.3 Å². The molecule has 0 aromatic heterocycles.